The fourth-order valence-corrected chi connectivity index (χ4v) is 2.98. The standard InChI is InChI=1S/C11H20N4O2S/c1-4-7-15(6-3)18(16,17)10-8-13-11(12-5-2)14-9-10/h8-9H,4-7H2,1-3H3,(H,12,13,14). The van der Waals surface area contributed by atoms with Crippen molar-refractivity contribution in [1.82, 2.24) is 14.3 Å². The molecule has 0 aliphatic rings. The van der Waals surface area contributed by atoms with Gasteiger partial charge in [0.2, 0.25) is 16.0 Å². The van der Waals surface area contributed by atoms with Crippen molar-refractivity contribution in [3.8, 4) is 0 Å². The molecule has 0 bridgehead atoms. The van der Waals surface area contributed by atoms with Crippen molar-refractivity contribution in [2.24, 2.45) is 0 Å². The summed E-state index contributed by atoms with van der Waals surface area (Å²) in [5, 5.41) is 2.92. The third-order valence-corrected chi connectivity index (χ3v) is 4.35. The number of anilines is 1. The maximum Gasteiger partial charge on any atom is 0.246 e. The van der Waals surface area contributed by atoms with Crippen LogP contribution in [-0.2, 0) is 10.0 Å². The largest absolute Gasteiger partial charge is 0.355 e. The Kier molecular flexibility index (Phi) is 5.49. The van der Waals surface area contributed by atoms with E-state index in [0.29, 0.717) is 25.6 Å². The van der Waals surface area contributed by atoms with E-state index in [4.69, 9.17) is 0 Å². The van der Waals surface area contributed by atoms with Crippen LogP contribution in [0.4, 0.5) is 5.95 Å². The van der Waals surface area contributed by atoms with Gasteiger partial charge in [0.15, 0.2) is 0 Å². The number of hydrogen-bond acceptors (Lipinski definition) is 5. The zero-order valence-electron chi connectivity index (χ0n) is 11.0. The van der Waals surface area contributed by atoms with Crippen LogP contribution in [0.2, 0.25) is 0 Å². The van der Waals surface area contributed by atoms with Crippen LogP contribution >= 0.6 is 0 Å². The zero-order valence-corrected chi connectivity index (χ0v) is 11.9. The van der Waals surface area contributed by atoms with Gasteiger partial charge in [0.1, 0.15) is 4.90 Å². The number of hydrogen-bond donors (Lipinski definition) is 1. The molecule has 0 atom stereocenters. The van der Waals surface area contributed by atoms with Crippen LogP contribution in [0.15, 0.2) is 17.3 Å². The predicted octanol–water partition coefficient (Wildman–Crippen LogP) is 1.33. The van der Waals surface area contributed by atoms with Crippen molar-refractivity contribution in [3.05, 3.63) is 12.4 Å². The molecule has 0 unspecified atom stereocenters. The molecule has 102 valence electrons. The average molecular weight is 272 g/mol. The molecule has 0 aromatic carbocycles. The van der Waals surface area contributed by atoms with E-state index < -0.39 is 10.0 Å². The van der Waals surface area contributed by atoms with Crippen LogP contribution < -0.4 is 5.32 Å². The van der Waals surface area contributed by atoms with Crippen molar-refractivity contribution in [1.29, 1.82) is 0 Å². The third-order valence-electron chi connectivity index (χ3n) is 2.43. The molecule has 0 aliphatic heterocycles. The molecule has 0 amide bonds. The molecule has 0 saturated heterocycles. The molecule has 1 aromatic rings. The minimum Gasteiger partial charge on any atom is -0.355 e. The molecule has 1 N–H and O–H groups in total. The van der Waals surface area contributed by atoms with E-state index in [1.165, 1.54) is 16.7 Å². The van der Waals surface area contributed by atoms with Crippen molar-refractivity contribution in [2.75, 3.05) is 25.0 Å². The molecule has 0 spiro atoms. The topological polar surface area (TPSA) is 75.2 Å². The van der Waals surface area contributed by atoms with Crippen LogP contribution in [0, 0.1) is 0 Å². The first kappa shape index (κ1) is 14.8. The first-order chi connectivity index (χ1) is 8.56. The lowest BCUT2D eigenvalue weighted by atomic mass is 10.5. The lowest BCUT2D eigenvalue weighted by Crippen LogP contribution is -2.31. The normalized spacial score (nSPS) is 11.8. The first-order valence-corrected chi connectivity index (χ1v) is 7.56. The molecule has 1 rings (SSSR count). The zero-order chi connectivity index (χ0) is 13.6. The van der Waals surface area contributed by atoms with Crippen molar-refractivity contribution < 1.29 is 8.42 Å². The second-order valence-corrected chi connectivity index (χ2v) is 5.71. The Hall–Kier alpha value is -1.21. The van der Waals surface area contributed by atoms with Gasteiger partial charge in [-0.05, 0) is 13.3 Å². The second kappa shape index (κ2) is 6.65. The monoisotopic (exact) mass is 272 g/mol. The average Bonchev–Trinajstić information content (AvgIpc) is 2.36. The van der Waals surface area contributed by atoms with Gasteiger partial charge in [-0.25, -0.2) is 18.4 Å². The van der Waals surface area contributed by atoms with Gasteiger partial charge in [-0.15, -0.1) is 0 Å². The Bertz CT molecular complexity index is 458. The molecule has 18 heavy (non-hydrogen) atoms. The highest BCUT2D eigenvalue weighted by Crippen LogP contribution is 2.14. The van der Waals surface area contributed by atoms with E-state index >= 15 is 0 Å². The SMILES string of the molecule is CCCN(CC)S(=O)(=O)c1cnc(NCC)nc1. The summed E-state index contributed by atoms with van der Waals surface area (Å²) in [4.78, 5) is 8.11. The van der Waals surface area contributed by atoms with Gasteiger partial charge in [-0.1, -0.05) is 13.8 Å². The highest BCUT2D eigenvalue weighted by atomic mass is 32.2. The summed E-state index contributed by atoms with van der Waals surface area (Å²) >= 11 is 0. The highest BCUT2D eigenvalue weighted by molar-refractivity contribution is 7.89. The summed E-state index contributed by atoms with van der Waals surface area (Å²) < 4.78 is 25.9. The molecular formula is C11H20N4O2S. The Morgan fingerprint density at radius 2 is 1.83 bits per heavy atom. The van der Waals surface area contributed by atoms with Gasteiger partial charge >= 0.3 is 0 Å². The van der Waals surface area contributed by atoms with Crippen molar-refractivity contribution in [3.63, 3.8) is 0 Å². The molecular weight excluding hydrogens is 252 g/mol. The van der Waals surface area contributed by atoms with Crippen molar-refractivity contribution >= 4 is 16.0 Å². The van der Waals surface area contributed by atoms with Crippen LogP contribution in [0.25, 0.3) is 0 Å². The number of nitrogens with one attached hydrogen (secondary N) is 1. The number of rotatable bonds is 7. The minimum atomic E-state index is -3.46. The molecule has 7 heteroatoms. The molecule has 0 radical (unpaired) electrons. The van der Waals surface area contributed by atoms with Gasteiger partial charge in [-0.3, -0.25) is 0 Å². The van der Waals surface area contributed by atoms with E-state index in [0.717, 1.165) is 6.42 Å². The summed E-state index contributed by atoms with van der Waals surface area (Å²) in [6.45, 7) is 7.35. The van der Waals surface area contributed by atoms with Gasteiger partial charge in [0.25, 0.3) is 0 Å². The van der Waals surface area contributed by atoms with Crippen LogP contribution in [0.5, 0.6) is 0 Å². The van der Waals surface area contributed by atoms with Gasteiger partial charge in [0, 0.05) is 19.6 Å². The van der Waals surface area contributed by atoms with E-state index in [9.17, 15) is 8.42 Å². The Labute approximate surface area is 108 Å². The fraction of sp³-hybridized carbons (Fsp3) is 0.636. The Morgan fingerprint density at radius 1 is 1.22 bits per heavy atom. The molecule has 6 nitrogen and oxygen atoms in total. The van der Waals surface area contributed by atoms with E-state index in [2.05, 4.69) is 15.3 Å². The van der Waals surface area contributed by atoms with Gasteiger partial charge in [-0.2, -0.15) is 4.31 Å². The molecule has 0 fully saturated rings. The molecule has 0 saturated carbocycles. The molecule has 1 heterocycles. The van der Waals surface area contributed by atoms with Crippen molar-refractivity contribution in [2.45, 2.75) is 32.1 Å². The molecule has 0 aliphatic carbocycles. The second-order valence-electron chi connectivity index (χ2n) is 3.77. The summed E-state index contributed by atoms with van der Waals surface area (Å²) in [5.74, 6) is 0.440. The Morgan fingerprint density at radius 3 is 2.28 bits per heavy atom. The summed E-state index contributed by atoms with van der Waals surface area (Å²) in [5.41, 5.74) is 0. The van der Waals surface area contributed by atoms with Gasteiger partial charge in [0.05, 0.1) is 12.4 Å². The summed E-state index contributed by atoms with van der Waals surface area (Å²) in [6.07, 6.45) is 3.47. The van der Waals surface area contributed by atoms with Gasteiger partial charge < -0.3 is 5.32 Å². The number of sulfonamides is 1. The van der Waals surface area contributed by atoms with E-state index in [1.54, 1.807) is 0 Å². The number of aromatic nitrogens is 2. The lowest BCUT2D eigenvalue weighted by molar-refractivity contribution is 0.426. The quantitative estimate of drug-likeness (QED) is 0.810. The predicted molar refractivity (Wildman–Crippen MR) is 70.9 cm³/mol. The molecule has 1 aromatic heterocycles. The maximum absolute atomic E-state index is 12.2. The minimum absolute atomic E-state index is 0.138. The van der Waals surface area contributed by atoms with E-state index in [1.807, 2.05) is 20.8 Å². The fourth-order valence-electron chi connectivity index (χ4n) is 1.55. The lowest BCUT2D eigenvalue weighted by Gasteiger charge is -2.19. The summed E-state index contributed by atoms with van der Waals surface area (Å²) in [7, 11) is -3.46. The first-order valence-electron chi connectivity index (χ1n) is 6.12. The van der Waals surface area contributed by atoms with Crippen LogP contribution in [0.3, 0.4) is 0 Å². The third kappa shape index (κ3) is 3.39. The smallest absolute Gasteiger partial charge is 0.246 e. The maximum atomic E-state index is 12.2. The summed E-state index contributed by atoms with van der Waals surface area (Å²) in [6, 6.07) is 0. The van der Waals surface area contributed by atoms with Crippen LogP contribution in [-0.4, -0.2) is 42.3 Å². The van der Waals surface area contributed by atoms with Crippen LogP contribution in [0.1, 0.15) is 27.2 Å². The Balaban J connectivity index is 2.97. The highest BCUT2D eigenvalue weighted by Gasteiger charge is 2.22. The van der Waals surface area contributed by atoms with E-state index in [-0.39, 0.29) is 4.90 Å². The number of nitrogens with zero attached hydrogens (tertiary/aromatic N) is 3.